The maximum atomic E-state index is 9.57. The lowest BCUT2D eigenvalue weighted by molar-refractivity contribution is -0.138. The molecule has 0 saturated heterocycles. The number of carboxylic acids is 1. The standard InChI is InChI=1S/C9H8N2.C3H7NO2/c1-2-6-9-8(4-1)5-3-7-10-11-9;1-2(4)3(5)6/h1-7,11H;2H,4H2,1H3,(H,5,6). The van der Waals surface area contributed by atoms with E-state index in [1.165, 1.54) is 12.5 Å². The molecule has 0 saturated carbocycles. The molecule has 1 aliphatic rings. The predicted octanol–water partition coefficient (Wildman–Crippen LogP) is 1.53. The summed E-state index contributed by atoms with van der Waals surface area (Å²) in [4.78, 5) is 9.57. The van der Waals surface area contributed by atoms with E-state index in [1.54, 1.807) is 6.21 Å². The van der Waals surface area contributed by atoms with Gasteiger partial charge in [0.1, 0.15) is 6.04 Å². The predicted molar refractivity (Wildman–Crippen MR) is 68.9 cm³/mol. The molecule has 0 spiro atoms. The number of hydrazone groups is 1. The molecule has 0 aliphatic carbocycles. The molecule has 5 nitrogen and oxygen atoms in total. The molecule has 0 amide bonds. The van der Waals surface area contributed by atoms with Gasteiger partial charge >= 0.3 is 5.97 Å². The number of nitrogens with two attached hydrogens (primary N) is 1. The second kappa shape index (κ2) is 6.44. The van der Waals surface area contributed by atoms with Gasteiger partial charge in [-0.15, -0.1) is 0 Å². The summed E-state index contributed by atoms with van der Waals surface area (Å²) in [6.45, 7) is 1.42. The molecule has 4 N–H and O–H groups in total. The zero-order valence-electron chi connectivity index (χ0n) is 9.50. The van der Waals surface area contributed by atoms with E-state index in [0.29, 0.717) is 0 Å². The molecule has 1 aromatic rings. The van der Waals surface area contributed by atoms with Crippen LogP contribution in [0.4, 0.5) is 5.69 Å². The van der Waals surface area contributed by atoms with Gasteiger partial charge in [0.2, 0.25) is 0 Å². The first-order chi connectivity index (χ1) is 8.11. The molecule has 0 fully saturated rings. The van der Waals surface area contributed by atoms with Gasteiger partial charge in [0, 0.05) is 6.21 Å². The molecule has 0 aromatic heterocycles. The van der Waals surface area contributed by atoms with Crippen molar-refractivity contribution in [1.82, 2.24) is 0 Å². The number of rotatable bonds is 1. The van der Waals surface area contributed by atoms with Crippen LogP contribution in [-0.4, -0.2) is 23.3 Å². The van der Waals surface area contributed by atoms with E-state index in [2.05, 4.69) is 10.5 Å². The van der Waals surface area contributed by atoms with Crippen LogP contribution in [0.25, 0.3) is 6.08 Å². The Morgan fingerprint density at radius 3 is 2.76 bits per heavy atom. The molecular weight excluding hydrogens is 218 g/mol. The van der Waals surface area contributed by atoms with Gasteiger partial charge in [-0.25, -0.2) is 0 Å². The summed E-state index contributed by atoms with van der Waals surface area (Å²) < 4.78 is 0. The Morgan fingerprint density at radius 2 is 2.12 bits per heavy atom. The fourth-order valence-electron chi connectivity index (χ4n) is 1.04. The molecule has 1 heterocycles. The van der Waals surface area contributed by atoms with Crippen molar-refractivity contribution in [3.8, 4) is 0 Å². The van der Waals surface area contributed by atoms with Gasteiger partial charge in [-0.1, -0.05) is 24.3 Å². The van der Waals surface area contributed by atoms with Gasteiger partial charge < -0.3 is 10.8 Å². The lowest BCUT2D eigenvalue weighted by Gasteiger charge is -2.00. The summed E-state index contributed by atoms with van der Waals surface area (Å²) in [6, 6.07) is 7.32. The van der Waals surface area contributed by atoms with Gasteiger partial charge in [-0.3, -0.25) is 10.2 Å². The Morgan fingerprint density at radius 1 is 1.47 bits per heavy atom. The van der Waals surface area contributed by atoms with Crippen LogP contribution < -0.4 is 11.2 Å². The number of hydrogen-bond acceptors (Lipinski definition) is 4. The molecular formula is C12H15N3O2. The van der Waals surface area contributed by atoms with Crippen LogP contribution >= 0.6 is 0 Å². The molecule has 2 rings (SSSR count). The van der Waals surface area contributed by atoms with E-state index in [9.17, 15) is 4.79 Å². The average Bonchev–Trinajstić information content (AvgIpc) is 2.54. The molecule has 90 valence electrons. The van der Waals surface area contributed by atoms with Crippen LogP contribution in [0.1, 0.15) is 12.5 Å². The number of carboxylic acid groups (broad SMARTS) is 1. The zero-order valence-corrected chi connectivity index (χ0v) is 9.50. The molecule has 17 heavy (non-hydrogen) atoms. The third kappa shape index (κ3) is 4.48. The van der Waals surface area contributed by atoms with Crippen LogP contribution in [0.2, 0.25) is 0 Å². The maximum absolute atomic E-state index is 9.57. The van der Waals surface area contributed by atoms with Crippen molar-refractivity contribution in [3.63, 3.8) is 0 Å². The van der Waals surface area contributed by atoms with E-state index in [0.717, 1.165) is 5.69 Å². The van der Waals surface area contributed by atoms with Crippen molar-refractivity contribution < 1.29 is 9.90 Å². The summed E-state index contributed by atoms with van der Waals surface area (Å²) in [5, 5.41) is 11.8. The summed E-state index contributed by atoms with van der Waals surface area (Å²) in [6.07, 6.45) is 5.68. The number of benzene rings is 1. The van der Waals surface area contributed by atoms with E-state index in [4.69, 9.17) is 10.8 Å². The normalized spacial score (nSPS) is 13.5. The molecule has 1 unspecified atom stereocenters. The highest BCUT2D eigenvalue weighted by molar-refractivity contribution is 5.83. The van der Waals surface area contributed by atoms with E-state index >= 15 is 0 Å². The number of fused-ring (bicyclic) bond motifs is 1. The fraction of sp³-hybridized carbons (Fsp3) is 0.167. The quantitative estimate of drug-likeness (QED) is 0.686. The van der Waals surface area contributed by atoms with Crippen LogP contribution in [0.3, 0.4) is 0 Å². The lowest BCUT2D eigenvalue weighted by atomic mass is 10.2. The monoisotopic (exact) mass is 233 g/mol. The number of nitrogens with one attached hydrogen (secondary N) is 1. The number of anilines is 1. The topological polar surface area (TPSA) is 87.7 Å². The zero-order chi connectivity index (χ0) is 12.7. The Balaban J connectivity index is 0.000000209. The van der Waals surface area contributed by atoms with Gasteiger partial charge in [0.05, 0.1) is 5.69 Å². The first-order valence-electron chi connectivity index (χ1n) is 5.14. The van der Waals surface area contributed by atoms with E-state index < -0.39 is 12.0 Å². The first kappa shape index (κ1) is 12.9. The highest BCUT2D eigenvalue weighted by Gasteiger charge is 1.99. The fourth-order valence-corrected chi connectivity index (χ4v) is 1.04. The van der Waals surface area contributed by atoms with Crippen LogP contribution in [0.5, 0.6) is 0 Å². The summed E-state index contributed by atoms with van der Waals surface area (Å²) >= 11 is 0. The van der Waals surface area contributed by atoms with Gasteiger partial charge in [-0.2, -0.15) is 5.10 Å². The Kier molecular flexibility index (Phi) is 4.90. The van der Waals surface area contributed by atoms with Crippen LogP contribution in [0, 0.1) is 0 Å². The van der Waals surface area contributed by atoms with Crippen LogP contribution in [-0.2, 0) is 4.79 Å². The highest BCUT2D eigenvalue weighted by Crippen LogP contribution is 2.17. The number of nitrogens with zero attached hydrogens (tertiary/aromatic N) is 1. The Bertz CT molecular complexity index is 439. The number of carbonyl (C=O) groups is 1. The van der Waals surface area contributed by atoms with E-state index in [1.807, 2.05) is 36.4 Å². The molecule has 5 heteroatoms. The van der Waals surface area contributed by atoms with Crippen molar-refractivity contribution in [2.45, 2.75) is 13.0 Å². The van der Waals surface area contributed by atoms with Crippen LogP contribution in [0.15, 0.2) is 35.4 Å². The maximum Gasteiger partial charge on any atom is 0.320 e. The largest absolute Gasteiger partial charge is 0.480 e. The third-order valence-electron chi connectivity index (χ3n) is 1.97. The minimum Gasteiger partial charge on any atom is -0.480 e. The molecule has 1 aliphatic heterocycles. The number of hydrogen-bond donors (Lipinski definition) is 3. The van der Waals surface area contributed by atoms with Crippen molar-refractivity contribution >= 4 is 23.9 Å². The molecule has 0 radical (unpaired) electrons. The highest BCUT2D eigenvalue weighted by atomic mass is 16.4. The SMILES string of the molecule is C1=Cc2ccccc2NN=C1.CC(N)C(=O)O. The number of allylic oxidation sites excluding steroid dienone is 1. The van der Waals surface area contributed by atoms with Gasteiger partial charge in [0.25, 0.3) is 0 Å². The lowest BCUT2D eigenvalue weighted by Crippen LogP contribution is -2.25. The smallest absolute Gasteiger partial charge is 0.320 e. The summed E-state index contributed by atoms with van der Waals surface area (Å²) in [7, 11) is 0. The van der Waals surface area contributed by atoms with E-state index in [-0.39, 0.29) is 0 Å². The number of para-hydroxylation sites is 1. The van der Waals surface area contributed by atoms with Crippen molar-refractivity contribution in [2.75, 3.05) is 5.43 Å². The minimum atomic E-state index is -0.963. The molecule has 1 aromatic carbocycles. The van der Waals surface area contributed by atoms with Crippen molar-refractivity contribution in [3.05, 3.63) is 35.9 Å². The van der Waals surface area contributed by atoms with Crippen molar-refractivity contribution in [2.24, 2.45) is 10.8 Å². The average molecular weight is 233 g/mol. The molecule has 1 atom stereocenters. The number of aliphatic carboxylic acids is 1. The third-order valence-corrected chi connectivity index (χ3v) is 1.97. The van der Waals surface area contributed by atoms with Crippen molar-refractivity contribution in [1.29, 1.82) is 0 Å². The summed E-state index contributed by atoms with van der Waals surface area (Å²) in [5.41, 5.74) is 9.99. The Hall–Kier alpha value is -2.14. The Labute approximate surface area is 99.6 Å². The van der Waals surface area contributed by atoms with Gasteiger partial charge in [0.15, 0.2) is 0 Å². The van der Waals surface area contributed by atoms with Gasteiger partial charge in [-0.05, 0) is 24.6 Å². The first-order valence-corrected chi connectivity index (χ1v) is 5.14. The summed E-state index contributed by atoms with van der Waals surface area (Å²) in [5.74, 6) is -0.963. The molecule has 0 bridgehead atoms. The minimum absolute atomic E-state index is 0.731. The second-order valence-electron chi connectivity index (χ2n) is 3.46. The second-order valence-corrected chi connectivity index (χ2v) is 3.46.